The Kier molecular flexibility index (Phi) is 15.8. The van der Waals surface area contributed by atoms with Crippen molar-refractivity contribution < 1.29 is 41.3 Å². The molecule has 5 atom stereocenters. The number of phosphoric ester groups is 1. The molecule has 3 rings (SSSR count). The predicted molar refractivity (Wildman–Crippen MR) is 194 cm³/mol. The average molecular weight is 756 g/mol. The molecule has 2 aromatic rings. The van der Waals surface area contributed by atoms with Crippen molar-refractivity contribution in [2.24, 2.45) is 17.1 Å². The number of nitrogens with zero attached hydrogens (tertiary/aromatic N) is 1. The summed E-state index contributed by atoms with van der Waals surface area (Å²) in [5, 5.41) is 7.77. The zero-order valence-electron chi connectivity index (χ0n) is 30.1. The van der Waals surface area contributed by atoms with E-state index in [2.05, 4.69) is 16.0 Å². The van der Waals surface area contributed by atoms with Crippen molar-refractivity contribution in [2.75, 3.05) is 19.6 Å². The van der Waals surface area contributed by atoms with Crippen molar-refractivity contribution in [3.05, 3.63) is 71.5 Å². The van der Waals surface area contributed by atoms with Crippen molar-refractivity contribution in [3.8, 4) is 0 Å². The topological polar surface area (TPSA) is 200 Å². The monoisotopic (exact) mass is 755 g/mol. The molecule has 0 saturated heterocycles. The van der Waals surface area contributed by atoms with E-state index >= 15 is 0 Å². The van der Waals surface area contributed by atoms with E-state index in [1.165, 1.54) is 16.4 Å². The summed E-state index contributed by atoms with van der Waals surface area (Å²) in [6.45, 7) is 8.54. The van der Waals surface area contributed by atoms with Gasteiger partial charge in [0.1, 0.15) is 18.0 Å². The number of rotatable bonds is 18. The molecule has 0 spiro atoms. The van der Waals surface area contributed by atoms with Gasteiger partial charge in [-0.25, -0.2) is 17.4 Å². The second-order valence-electron chi connectivity index (χ2n) is 14.8. The SMILES string of the molecule is CC(C)CN(C[C@@H](OP(=O)(O)O)[C@H](Cc1ccccc1)NC(=O)[C@@H](NC(=O)CNCc1cccc(F)c1)C(C)(C)C)S(=O)(=O)C1CCCC(N)C1. The fourth-order valence-electron chi connectivity index (χ4n) is 6.23. The Morgan fingerprint density at radius 2 is 1.71 bits per heavy atom. The van der Waals surface area contributed by atoms with E-state index < -0.39 is 70.9 Å². The van der Waals surface area contributed by atoms with Gasteiger partial charge in [0.25, 0.3) is 0 Å². The minimum atomic E-state index is -5.22. The minimum Gasteiger partial charge on any atom is -0.349 e. The van der Waals surface area contributed by atoms with Gasteiger partial charge in [-0.2, -0.15) is 4.31 Å². The standard InChI is InChI=1S/C35H55FN5O8PS/c1-24(2)22-41(51(47,48)29-16-10-15-28(37)19-29)23-31(49-50(44,45)46)30(18-25-11-7-6-8-12-25)39-34(43)33(35(3,4)5)40-32(42)21-38-20-26-13-9-14-27(36)17-26/h6-9,11-14,17,24,28-31,33,38H,10,15-16,18-23,37H2,1-5H3,(H,39,43)(H,40,42)(H2,44,45,46)/t28?,29?,30-,31+,33+/m0/s1. The summed E-state index contributed by atoms with van der Waals surface area (Å²) < 4.78 is 60.7. The molecular formula is C35H55FN5O8PS. The van der Waals surface area contributed by atoms with Gasteiger partial charge in [0.15, 0.2) is 0 Å². The highest BCUT2D eigenvalue weighted by atomic mass is 32.2. The van der Waals surface area contributed by atoms with Gasteiger partial charge in [-0.15, -0.1) is 0 Å². The lowest BCUT2D eigenvalue weighted by Crippen LogP contribution is -2.60. The first-order valence-corrected chi connectivity index (χ1v) is 20.3. The van der Waals surface area contributed by atoms with Crippen molar-refractivity contribution in [2.45, 2.75) is 103 Å². The summed E-state index contributed by atoms with van der Waals surface area (Å²) in [7, 11) is -9.22. The van der Waals surface area contributed by atoms with Gasteiger partial charge < -0.3 is 31.5 Å². The molecule has 1 fully saturated rings. The van der Waals surface area contributed by atoms with Crippen LogP contribution in [0.15, 0.2) is 54.6 Å². The van der Waals surface area contributed by atoms with Crippen LogP contribution in [0.3, 0.4) is 0 Å². The Labute approximate surface area is 301 Å². The highest BCUT2D eigenvalue weighted by molar-refractivity contribution is 7.89. The zero-order valence-corrected chi connectivity index (χ0v) is 31.8. The second-order valence-corrected chi connectivity index (χ2v) is 18.2. The Balaban J connectivity index is 1.92. The normalized spacial score (nSPS) is 19.0. The first-order chi connectivity index (χ1) is 23.7. The number of benzene rings is 2. The van der Waals surface area contributed by atoms with Crippen molar-refractivity contribution >= 4 is 29.7 Å². The third kappa shape index (κ3) is 14.3. The molecule has 0 bridgehead atoms. The van der Waals surface area contributed by atoms with E-state index in [0.717, 1.165) is 0 Å². The van der Waals surface area contributed by atoms with Crippen LogP contribution >= 0.6 is 7.82 Å². The number of halogens is 1. The molecule has 16 heteroatoms. The van der Waals surface area contributed by atoms with E-state index in [-0.39, 0.29) is 44.4 Å². The number of carbonyl (C=O) groups excluding carboxylic acids is 2. The van der Waals surface area contributed by atoms with Gasteiger partial charge in [-0.1, -0.05) is 83.5 Å². The van der Waals surface area contributed by atoms with Gasteiger partial charge in [-0.3, -0.25) is 14.1 Å². The molecule has 1 aliphatic carbocycles. The Morgan fingerprint density at radius 1 is 1.04 bits per heavy atom. The molecule has 1 saturated carbocycles. The second kappa shape index (κ2) is 18.8. The average Bonchev–Trinajstić information content (AvgIpc) is 3.01. The lowest BCUT2D eigenvalue weighted by atomic mass is 9.85. The molecule has 2 amide bonds. The van der Waals surface area contributed by atoms with Gasteiger partial charge in [-0.05, 0) is 60.3 Å². The summed E-state index contributed by atoms with van der Waals surface area (Å²) >= 11 is 0. The van der Waals surface area contributed by atoms with Crippen LogP contribution in [0.5, 0.6) is 0 Å². The van der Waals surface area contributed by atoms with Crippen LogP contribution in [0.25, 0.3) is 0 Å². The van der Waals surface area contributed by atoms with Crippen LogP contribution in [-0.4, -0.2) is 83.4 Å². The highest BCUT2D eigenvalue weighted by Crippen LogP contribution is 2.39. The lowest BCUT2D eigenvalue weighted by Gasteiger charge is -2.37. The first-order valence-electron chi connectivity index (χ1n) is 17.3. The third-order valence-electron chi connectivity index (χ3n) is 8.68. The Morgan fingerprint density at radius 3 is 2.29 bits per heavy atom. The molecule has 2 unspecified atom stereocenters. The molecule has 0 radical (unpaired) electrons. The first kappa shape index (κ1) is 42.7. The van der Waals surface area contributed by atoms with Crippen molar-refractivity contribution in [3.63, 3.8) is 0 Å². The number of phosphoric acid groups is 1. The molecule has 7 N–H and O–H groups in total. The number of nitrogens with one attached hydrogen (secondary N) is 3. The van der Waals surface area contributed by atoms with E-state index in [1.54, 1.807) is 63.2 Å². The van der Waals surface area contributed by atoms with Crippen LogP contribution in [-0.2, 0) is 41.7 Å². The summed E-state index contributed by atoms with van der Waals surface area (Å²) in [5.41, 5.74) is 6.64. The van der Waals surface area contributed by atoms with Crippen molar-refractivity contribution in [1.82, 2.24) is 20.3 Å². The fraction of sp³-hybridized carbons (Fsp3) is 0.600. The van der Waals surface area contributed by atoms with Crippen LogP contribution in [0.2, 0.25) is 0 Å². The van der Waals surface area contributed by atoms with Crippen molar-refractivity contribution in [1.29, 1.82) is 0 Å². The number of nitrogens with two attached hydrogens (primary N) is 1. The van der Waals surface area contributed by atoms with Crippen LogP contribution in [0.1, 0.15) is 71.4 Å². The number of amides is 2. The third-order valence-corrected chi connectivity index (χ3v) is 11.5. The van der Waals surface area contributed by atoms with Crippen LogP contribution in [0, 0.1) is 17.2 Å². The molecular weight excluding hydrogens is 700 g/mol. The Bertz CT molecular complexity index is 1590. The van der Waals surface area contributed by atoms with Gasteiger partial charge in [0, 0.05) is 25.7 Å². The van der Waals surface area contributed by atoms with Crippen LogP contribution in [0.4, 0.5) is 4.39 Å². The molecule has 13 nitrogen and oxygen atoms in total. The number of hydrogen-bond donors (Lipinski definition) is 6. The molecule has 0 aromatic heterocycles. The molecule has 2 aromatic carbocycles. The van der Waals surface area contributed by atoms with E-state index in [1.807, 2.05) is 13.8 Å². The number of carbonyl (C=O) groups is 2. The maximum absolute atomic E-state index is 14.1. The van der Waals surface area contributed by atoms with E-state index in [4.69, 9.17) is 10.3 Å². The highest BCUT2D eigenvalue weighted by Gasteiger charge is 2.41. The maximum atomic E-state index is 14.1. The number of sulfonamides is 1. The maximum Gasteiger partial charge on any atom is 0.469 e. The van der Waals surface area contributed by atoms with Gasteiger partial charge >= 0.3 is 7.82 Å². The smallest absolute Gasteiger partial charge is 0.349 e. The molecule has 1 aliphatic rings. The minimum absolute atomic E-state index is 0.0289. The van der Waals surface area contributed by atoms with E-state index in [9.17, 15) is 36.7 Å². The summed E-state index contributed by atoms with van der Waals surface area (Å²) in [4.78, 5) is 47.3. The summed E-state index contributed by atoms with van der Waals surface area (Å²) in [6.07, 6.45) is 0.541. The predicted octanol–water partition coefficient (Wildman–Crippen LogP) is 3.21. The zero-order chi connectivity index (χ0) is 38.0. The van der Waals surface area contributed by atoms with Gasteiger partial charge in [0.2, 0.25) is 21.8 Å². The Hall–Kier alpha value is -2.75. The van der Waals surface area contributed by atoms with E-state index in [0.29, 0.717) is 30.4 Å². The largest absolute Gasteiger partial charge is 0.469 e. The fourth-order valence-corrected chi connectivity index (χ4v) is 9.03. The van der Waals surface area contributed by atoms with Crippen LogP contribution < -0.4 is 21.7 Å². The molecule has 0 aliphatic heterocycles. The lowest BCUT2D eigenvalue weighted by molar-refractivity contribution is -0.132. The quantitative estimate of drug-likeness (QED) is 0.123. The molecule has 0 heterocycles. The summed E-state index contributed by atoms with van der Waals surface area (Å²) in [5.74, 6) is -1.72. The molecule has 51 heavy (non-hydrogen) atoms. The summed E-state index contributed by atoms with van der Waals surface area (Å²) in [6, 6.07) is 12.3. The molecule has 286 valence electrons. The van der Waals surface area contributed by atoms with Gasteiger partial charge in [0.05, 0.1) is 17.8 Å². The number of hydrogen-bond acceptors (Lipinski definition) is 8.